The maximum Gasteiger partial charge on any atom is 0.311 e. The van der Waals surface area contributed by atoms with E-state index in [2.05, 4.69) is 16.3 Å². The van der Waals surface area contributed by atoms with Gasteiger partial charge in [-0.25, -0.2) is 0 Å². The minimum atomic E-state index is -0.806. The van der Waals surface area contributed by atoms with E-state index in [1.54, 1.807) is 0 Å². The van der Waals surface area contributed by atoms with E-state index in [1.807, 2.05) is 36.6 Å². The Morgan fingerprint density at radius 2 is 2.05 bits per heavy atom. The molecular weight excluding hydrogens is 254 g/mol. The molecule has 5 rings (SSSR count). The molecule has 0 saturated heterocycles. The molecule has 3 heterocycles. The van der Waals surface area contributed by atoms with Gasteiger partial charge in [0.25, 0.3) is 0 Å². The summed E-state index contributed by atoms with van der Waals surface area (Å²) >= 11 is 0. The lowest BCUT2D eigenvalue weighted by Crippen LogP contribution is -2.48. The van der Waals surface area contributed by atoms with Crippen molar-refractivity contribution >= 4 is 5.97 Å². The molecule has 1 aromatic carbocycles. The van der Waals surface area contributed by atoms with Gasteiger partial charge < -0.3 is 9.67 Å². The van der Waals surface area contributed by atoms with Crippen LogP contribution in [-0.2, 0) is 4.79 Å². The van der Waals surface area contributed by atoms with Crippen LogP contribution in [0.25, 0.3) is 0 Å². The van der Waals surface area contributed by atoms with E-state index in [4.69, 9.17) is 0 Å². The highest BCUT2D eigenvalue weighted by Crippen LogP contribution is 2.57. The van der Waals surface area contributed by atoms with Crippen LogP contribution in [0.15, 0.2) is 24.3 Å². The zero-order valence-corrected chi connectivity index (χ0v) is 11.4. The van der Waals surface area contributed by atoms with Crippen LogP contribution in [-0.4, -0.2) is 25.8 Å². The maximum absolute atomic E-state index is 11.9. The monoisotopic (exact) mass is 269 g/mol. The summed E-state index contributed by atoms with van der Waals surface area (Å²) in [6.45, 7) is 3.73. The number of carbonyl (C=O) groups is 1. The third-order valence-corrected chi connectivity index (χ3v) is 4.85. The van der Waals surface area contributed by atoms with Crippen molar-refractivity contribution < 1.29 is 9.90 Å². The molecule has 3 aliphatic rings. The fourth-order valence-electron chi connectivity index (χ4n) is 3.87. The average molecular weight is 269 g/mol. The van der Waals surface area contributed by atoms with Crippen molar-refractivity contribution in [1.82, 2.24) is 14.8 Å². The first-order valence-electron chi connectivity index (χ1n) is 6.77. The standard InChI is InChI=1S/C15H15N3O2/c1-8-16-17-13-11-7-15(2,14(19)20)12(18(8)13)10-6-4-3-5-9(10)11/h3-6,11-12H,7H2,1-2H3,(H,19,20). The minimum Gasteiger partial charge on any atom is -0.481 e. The number of fused-ring (bicyclic) bond motifs is 1. The number of carboxylic acid groups (broad SMARTS) is 1. The lowest BCUT2D eigenvalue weighted by atomic mass is 9.62. The second-order valence-corrected chi connectivity index (χ2v) is 5.99. The smallest absolute Gasteiger partial charge is 0.311 e. The highest BCUT2D eigenvalue weighted by atomic mass is 16.4. The molecule has 5 nitrogen and oxygen atoms in total. The molecule has 2 aromatic rings. The Bertz CT molecular complexity index is 736. The quantitative estimate of drug-likeness (QED) is 0.861. The first-order valence-corrected chi connectivity index (χ1v) is 6.77. The highest BCUT2D eigenvalue weighted by Gasteiger charge is 2.55. The van der Waals surface area contributed by atoms with Crippen LogP contribution in [0.3, 0.4) is 0 Å². The number of rotatable bonds is 1. The average Bonchev–Trinajstić information content (AvgIpc) is 2.82. The molecule has 0 radical (unpaired) electrons. The van der Waals surface area contributed by atoms with Crippen molar-refractivity contribution in [3.8, 4) is 0 Å². The molecule has 1 aromatic heterocycles. The number of aryl methyl sites for hydroxylation is 1. The van der Waals surface area contributed by atoms with Gasteiger partial charge in [0.05, 0.1) is 11.5 Å². The summed E-state index contributed by atoms with van der Waals surface area (Å²) in [5.41, 5.74) is 1.50. The number of hydrogen-bond donors (Lipinski definition) is 1. The molecule has 3 atom stereocenters. The zero-order chi connectivity index (χ0) is 14.1. The van der Waals surface area contributed by atoms with E-state index < -0.39 is 11.4 Å². The first-order chi connectivity index (χ1) is 9.54. The molecule has 1 N–H and O–H groups in total. The fourth-order valence-corrected chi connectivity index (χ4v) is 3.87. The van der Waals surface area contributed by atoms with Gasteiger partial charge in [-0.1, -0.05) is 24.3 Å². The van der Waals surface area contributed by atoms with Crippen LogP contribution in [0.2, 0.25) is 0 Å². The minimum absolute atomic E-state index is 0.0264. The Morgan fingerprint density at radius 3 is 2.75 bits per heavy atom. The van der Waals surface area contributed by atoms with E-state index >= 15 is 0 Å². The first kappa shape index (κ1) is 11.6. The lowest BCUT2D eigenvalue weighted by Gasteiger charge is -2.48. The SMILES string of the molecule is Cc1nnc2n1C1c3ccccc3C2CC1(C)C(=O)O. The molecule has 102 valence electrons. The topological polar surface area (TPSA) is 68.0 Å². The van der Waals surface area contributed by atoms with Gasteiger partial charge in [0.2, 0.25) is 0 Å². The van der Waals surface area contributed by atoms with Crippen molar-refractivity contribution in [2.24, 2.45) is 5.41 Å². The Hall–Kier alpha value is -2.17. The second-order valence-electron chi connectivity index (χ2n) is 5.99. The van der Waals surface area contributed by atoms with Crippen LogP contribution >= 0.6 is 0 Å². The van der Waals surface area contributed by atoms with Gasteiger partial charge in [0, 0.05) is 5.92 Å². The maximum atomic E-state index is 11.9. The summed E-state index contributed by atoms with van der Waals surface area (Å²) in [7, 11) is 0. The van der Waals surface area contributed by atoms with Gasteiger partial charge in [0.1, 0.15) is 11.6 Å². The highest BCUT2D eigenvalue weighted by molar-refractivity contribution is 5.77. The molecular formula is C15H15N3O2. The Morgan fingerprint density at radius 1 is 1.35 bits per heavy atom. The number of aliphatic carboxylic acids is 1. The number of hydrogen-bond acceptors (Lipinski definition) is 3. The van der Waals surface area contributed by atoms with Gasteiger partial charge in [0.15, 0.2) is 0 Å². The molecule has 5 heteroatoms. The Labute approximate surface area is 116 Å². The van der Waals surface area contributed by atoms with Crippen LogP contribution in [0.1, 0.15) is 48.1 Å². The normalized spacial score (nSPS) is 29.9. The lowest BCUT2D eigenvalue weighted by molar-refractivity contribution is -0.152. The van der Waals surface area contributed by atoms with E-state index in [0.29, 0.717) is 6.42 Å². The zero-order valence-electron chi connectivity index (χ0n) is 11.4. The van der Waals surface area contributed by atoms with Gasteiger partial charge in [-0.3, -0.25) is 4.79 Å². The molecule has 0 amide bonds. The number of benzene rings is 1. The van der Waals surface area contributed by atoms with Crippen molar-refractivity contribution in [3.63, 3.8) is 0 Å². The third-order valence-electron chi connectivity index (χ3n) is 4.85. The van der Waals surface area contributed by atoms with E-state index in [0.717, 1.165) is 17.2 Å². The van der Waals surface area contributed by atoms with Crippen LogP contribution in [0.5, 0.6) is 0 Å². The van der Waals surface area contributed by atoms with E-state index in [1.165, 1.54) is 5.56 Å². The molecule has 0 saturated carbocycles. The van der Waals surface area contributed by atoms with Crippen LogP contribution < -0.4 is 0 Å². The van der Waals surface area contributed by atoms with Crippen LogP contribution in [0.4, 0.5) is 0 Å². The van der Waals surface area contributed by atoms with Crippen molar-refractivity contribution in [2.75, 3.05) is 0 Å². The predicted molar refractivity (Wildman–Crippen MR) is 71.5 cm³/mol. The number of aromatic nitrogens is 3. The summed E-state index contributed by atoms with van der Waals surface area (Å²) < 4.78 is 2.02. The van der Waals surface area contributed by atoms with Crippen molar-refractivity contribution in [3.05, 3.63) is 47.0 Å². The summed E-state index contributed by atoms with van der Waals surface area (Å²) in [6, 6.07) is 7.88. The van der Waals surface area contributed by atoms with Crippen molar-refractivity contribution in [2.45, 2.75) is 32.2 Å². The summed E-state index contributed by atoms with van der Waals surface area (Å²) in [5.74, 6) is 0.973. The largest absolute Gasteiger partial charge is 0.481 e. The number of carboxylic acids is 1. The Balaban J connectivity index is 2.07. The fraction of sp³-hybridized carbons (Fsp3) is 0.400. The third kappa shape index (κ3) is 1.16. The summed E-state index contributed by atoms with van der Waals surface area (Å²) in [4.78, 5) is 11.9. The van der Waals surface area contributed by atoms with Gasteiger partial charge >= 0.3 is 5.97 Å². The van der Waals surface area contributed by atoms with Crippen molar-refractivity contribution in [1.29, 1.82) is 0 Å². The van der Waals surface area contributed by atoms with Gasteiger partial charge in [-0.15, -0.1) is 10.2 Å². The summed E-state index contributed by atoms with van der Waals surface area (Å²) in [5, 5.41) is 18.2. The van der Waals surface area contributed by atoms with E-state index in [-0.39, 0.29) is 12.0 Å². The van der Waals surface area contributed by atoms with Crippen LogP contribution in [0, 0.1) is 12.3 Å². The van der Waals surface area contributed by atoms with Gasteiger partial charge in [-0.2, -0.15) is 0 Å². The van der Waals surface area contributed by atoms with Gasteiger partial charge in [-0.05, 0) is 31.4 Å². The molecule has 2 aliphatic heterocycles. The molecule has 0 spiro atoms. The molecule has 0 fully saturated rings. The second kappa shape index (κ2) is 3.48. The summed E-state index contributed by atoms with van der Waals surface area (Å²) in [6.07, 6.45) is 0.585. The molecule has 2 bridgehead atoms. The molecule has 1 aliphatic carbocycles. The molecule has 3 unspecified atom stereocenters. The van der Waals surface area contributed by atoms with E-state index in [9.17, 15) is 9.90 Å². The predicted octanol–water partition coefficient (Wildman–Crippen LogP) is 2.12. The number of nitrogens with zero attached hydrogens (tertiary/aromatic N) is 3. The Kier molecular flexibility index (Phi) is 2.02. The molecule has 20 heavy (non-hydrogen) atoms.